The Morgan fingerprint density at radius 2 is 1.91 bits per heavy atom. The van der Waals surface area contributed by atoms with Crippen molar-refractivity contribution in [2.45, 2.75) is 71.1 Å². The molecule has 196 valence electrons. The fourth-order valence-corrected chi connectivity index (χ4v) is 5.55. The molecule has 0 aromatic heterocycles. The van der Waals surface area contributed by atoms with Crippen LogP contribution in [0.5, 0.6) is 0 Å². The smallest absolute Gasteiger partial charge is 0.291 e. The summed E-state index contributed by atoms with van der Waals surface area (Å²) < 4.78 is 13.7. The average Bonchev–Trinajstić information content (AvgIpc) is 3.45. The zero-order chi connectivity index (χ0) is 26.1. The molecule has 3 fully saturated rings. The van der Waals surface area contributed by atoms with Crippen molar-refractivity contribution in [1.29, 1.82) is 0 Å². The predicted molar refractivity (Wildman–Crippen MR) is 125 cm³/mol. The molecule has 0 aromatic carbocycles. The van der Waals surface area contributed by atoms with E-state index in [4.69, 9.17) is 11.6 Å². The summed E-state index contributed by atoms with van der Waals surface area (Å²) in [4.78, 5) is 64.9. The molecule has 2 heterocycles. The Kier molecular flexibility index (Phi) is 8.28. The van der Waals surface area contributed by atoms with E-state index in [0.717, 1.165) is 24.3 Å². The van der Waals surface area contributed by atoms with E-state index in [2.05, 4.69) is 16.1 Å². The van der Waals surface area contributed by atoms with E-state index in [1.807, 2.05) is 20.8 Å². The summed E-state index contributed by atoms with van der Waals surface area (Å²) in [6.07, 6.45) is 2.93. The molecule has 6 atom stereocenters. The van der Waals surface area contributed by atoms with Crippen molar-refractivity contribution in [3.63, 3.8) is 0 Å². The van der Waals surface area contributed by atoms with Crippen LogP contribution in [0.15, 0.2) is 0 Å². The van der Waals surface area contributed by atoms with E-state index in [1.54, 1.807) is 0 Å². The molecule has 3 rings (SSSR count). The molecular weight excluding hydrogens is 481 g/mol. The molecule has 0 aromatic rings. The van der Waals surface area contributed by atoms with Gasteiger partial charge in [-0.05, 0) is 36.5 Å². The van der Waals surface area contributed by atoms with Crippen LogP contribution >= 0.6 is 11.6 Å². The second kappa shape index (κ2) is 10.7. The number of rotatable bonds is 6. The fraction of sp³-hybridized carbons (Fsp3) is 0.783. The molecule has 3 aliphatic rings. The second-order valence-electron chi connectivity index (χ2n) is 10.8. The highest BCUT2D eigenvalue weighted by Gasteiger charge is 2.52. The number of nitrogens with one attached hydrogen (secondary N) is 3. The third-order valence-electron chi connectivity index (χ3n) is 7.17. The Morgan fingerprint density at radius 1 is 1.23 bits per heavy atom. The normalized spacial score (nSPS) is 27.6. The minimum absolute atomic E-state index is 0.111. The van der Waals surface area contributed by atoms with Crippen molar-refractivity contribution in [2.75, 3.05) is 19.6 Å². The molecule has 1 saturated carbocycles. The van der Waals surface area contributed by atoms with Gasteiger partial charge in [0.1, 0.15) is 12.1 Å². The number of halogens is 2. The van der Waals surface area contributed by atoms with Crippen molar-refractivity contribution in [3.8, 4) is 0 Å². The molecule has 2 aliphatic heterocycles. The van der Waals surface area contributed by atoms with Gasteiger partial charge in [0.05, 0.1) is 12.5 Å². The molecule has 0 spiro atoms. The van der Waals surface area contributed by atoms with Crippen LogP contribution < -0.4 is 16.1 Å². The number of alkyl halides is 2. The third-order valence-corrected chi connectivity index (χ3v) is 7.35. The lowest BCUT2D eigenvalue weighted by molar-refractivity contribution is -0.150. The number of likely N-dealkylation sites (tertiary alicyclic amines) is 1. The highest BCUT2D eigenvalue weighted by atomic mass is 35.5. The molecule has 10 nitrogen and oxygen atoms in total. The summed E-state index contributed by atoms with van der Waals surface area (Å²) in [7, 11) is 0. The van der Waals surface area contributed by atoms with Crippen LogP contribution in [0.3, 0.4) is 0 Å². The molecule has 1 aliphatic carbocycles. The first-order chi connectivity index (χ1) is 16.3. The number of fused-ring (bicyclic) bond motifs is 1. The maximum absolute atomic E-state index is 13.7. The van der Waals surface area contributed by atoms with Crippen LogP contribution in [0, 0.1) is 23.2 Å². The minimum Gasteiger partial charge on any atom is -0.356 e. The molecule has 3 N–H and O–H groups in total. The number of nitrogens with zero attached hydrogens (tertiary/aromatic N) is 2. The summed E-state index contributed by atoms with van der Waals surface area (Å²) in [6.45, 7) is 7.36. The summed E-state index contributed by atoms with van der Waals surface area (Å²) in [5, 5.41) is 6.11. The van der Waals surface area contributed by atoms with E-state index in [9.17, 15) is 28.4 Å². The molecule has 0 bridgehead atoms. The maximum atomic E-state index is 13.7. The van der Waals surface area contributed by atoms with Gasteiger partial charge < -0.3 is 15.5 Å². The first kappa shape index (κ1) is 27.2. The second-order valence-corrected chi connectivity index (χ2v) is 11.2. The van der Waals surface area contributed by atoms with Crippen LogP contribution in [0.1, 0.15) is 53.4 Å². The first-order valence-corrected chi connectivity index (χ1v) is 12.5. The van der Waals surface area contributed by atoms with Crippen molar-refractivity contribution < 1.29 is 28.4 Å². The van der Waals surface area contributed by atoms with E-state index in [0.29, 0.717) is 19.5 Å². The number of hydrogen-bond donors (Lipinski definition) is 3. The van der Waals surface area contributed by atoms with Gasteiger partial charge in [0.2, 0.25) is 17.7 Å². The van der Waals surface area contributed by atoms with Gasteiger partial charge in [0, 0.05) is 20.0 Å². The SMILES string of the molecule is CC(=O)N[C@H](C(=O)N1C[C@@H]2CCC[C@@H]2[C@H]1C(=O)NN(C[C@@H]1CCNC1=O)C(=O)[C@H](F)Cl)C(C)(C)C. The highest BCUT2D eigenvalue weighted by Crippen LogP contribution is 2.43. The van der Waals surface area contributed by atoms with Gasteiger partial charge in [0.25, 0.3) is 17.4 Å². The standard InChI is InChI=1S/C23H35ClFN5O5/c1-12(31)27-17(23(2,3)4)21(34)29-10-13-6-5-7-15(13)16(29)20(33)28-30(22(35)18(24)25)11-14-8-9-26-19(14)32/h13-18H,5-11H2,1-4H3,(H,26,32)(H,27,31)(H,28,33)/t13-,14-,15-,16-,17+,18-/m0/s1. The van der Waals surface area contributed by atoms with E-state index in [1.165, 1.54) is 11.8 Å². The monoisotopic (exact) mass is 515 g/mol. The topological polar surface area (TPSA) is 128 Å². The maximum Gasteiger partial charge on any atom is 0.291 e. The van der Waals surface area contributed by atoms with Gasteiger partial charge in [-0.25, -0.2) is 9.40 Å². The first-order valence-electron chi connectivity index (χ1n) is 12.1. The van der Waals surface area contributed by atoms with Crippen LogP contribution in [-0.2, 0) is 24.0 Å². The molecule has 5 amide bonds. The molecule has 0 unspecified atom stereocenters. The van der Waals surface area contributed by atoms with Crippen molar-refractivity contribution in [1.82, 2.24) is 26.0 Å². The minimum atomic E-state index is -2.40. The van der Waals surface area contributed by atoms with Crippen LogP contribution in [0.2, 0.25) is 0 Å². The predicted octanol–water partition coefficient (Wildman–Crippen LogP) is 0.695. The molecular formula is C23H35ClFN5O5. The average molecular weight is 516 g/mol. The van der Waals surface area contributed by atoms with E-state index in [-0.39, 0.29) is 36.1 Å². The highest BCUT2D eigenvalue weighted by molar-refractivity contribution is 6.29. The number of amides is 5. The molecule has 12 heteroatoms. The van der Waals surface area contributed by atoms with Gasteiger partial charge in [-0.15, -0.1) is 0 Å². The lowest BCUT2D eigenvalue weighted by atomic mass is 9.85. The zero-order valence-electron chi connectivity index (χ0n) is 20.6. The molecule has 2 saturated heterocycles. The fourth-order valence-electron chi connectivity index (χ4n) is 5.43. The Morgan fingerprint density at radius 3 is 2.46 bits per heavy atom. The Bertz CT molecular complexity index is 879. The van der Waals surface area contributed by atoms with E-state index < -0.39 is 40.9 Å². The summed E-state index contributed by atoms with van der Waals surface area (Å²) >= 11 is 5.38. The summed E-state index contributed by atoms with van der Waals surface area (Å²) in [6, 6.07) is -1.75. The van der Waals surface area contributed by atoms with Crippen LogP contribution in [-0.4, -0.2) is 76.8 Å². The Balaban J connectivity index is 1.85. The number of hydrazine groups is 1. The van der Waals surface area contributed by atoms with Crippen LogP contribution in [0.25, 0.3) is 0 Å². The van der Waals surface area contributed by atoms with Gasteiger partial charge >= 0.3 is 0 Å². The van der Waals surface area contributed by atoms with Crippen molar-refractivity contribution in [2.24, 2.45) is 23.2 Å². The largest absolute Gasteiger partial charge is 0.356 e. The van der Waals surface area contributed by atoms with E-state index >= 15 is 0 Å². The summed E-state index contributed by atoms with van der Waals surface area (Å²) in [5.74, 6) is -3.46. The third kappa shape index (κ3) is 6.05. The zero-order valence-corrected chi connectivity index (χ0v) is 21.4. The van der Waals surface area contributed by atoms with Crippen molar-refractivity contribution in [3.05, 3.63) is 0 Å². The number of hydrogen-bond acceptors (Lipinski definition) is 5. The van der Waals surface area contributed by atoms with Gasteiger partial charge in [-0.3, -0.25) is 29.4 Å². The van der Waals surface area contributed by atoms with Crippen LogP contribution in [0.4, 0.5) is 4.39 Å². The number of carbonyl (C=O) groups excluding carboxylic acids is 5. The summed E-state index contributed by atoms with van der Waals surface area (Å²) in [5.41, 5.74) is -0.547. The number of carbonyl (C=O) groups is 5. The van der Waals surface area contributed by atoms with Crippen molar-refractivity contribution >= 4 is 41.1 Å². The van der Waals surface area contributed by atoms with Gasteiger partial charge in [-0.1, -0.05) is 38.8 Å². The lowest BCUT2D eigenvalue weighted by Gasteiger charge is -2.37. The Labute approximate surface area is 209 Å². The van der Waals surface area contributed by atoms with Gasteiger partial charge in [-0.2, -0.15) is 0 Å². The molecule has 0 radical (unpaired) electrons. The Hall–Kier alpha value is -2.43. The lowest BCUT2D eigenvalue weighted by Crippen LogP contribution is -2.60. The molecule has 35 heavy (non-hydrogen) atoms. The quantitative estimate of drug-likeness (QED) is 0.354. The van der Waals surface area contributed by atoms with Gasteiger partial charge in [0.15, 0.2) is 0 Å².